The molecule has 0 spiro atoms. The van der Waals surface area contributed by atoms with Gasteiger partial charge in [0.2, 0.25) is 10.0 Å². The van der Waals surface area contributed by atoms with Crippen LogP contribution in [0.2, 0.25) is 0 Å². The summed E-state index contributed by atoms with van der Waals surface area (Å²) in [7, 11) is -3.93. The van der Waals surface area contributed by atoms with E-state index < -0.39 is 21.8 Å². The lowest BCUT2D eigenvalue weighted by Gasteiger charge is -2.35. The highest BCUT2D eigenvalue weighted by molar-refractivity contribution is 7.89. The van der Waals surface area contributed by atoms with Gasteiger partial charge in [-0.15, -0.1) is 0 Å². The summed E-state index contributed by atoms with van der Waals surface area (Å²) >= 11 is 0. The quantitative estimate of drug-likeness (QED) is 0.921. The number of piperidine rings is 1. The number of nitrogens with two attached hydrogens (primary N) is 1. The zero-order chi connectivity index (χ0) is 16.5. The SMILES string of the molecule is CC1CCN(S(=O)(=O)c2cccc(C(F)(F)F)c2)CC1CN. The van der Waals surface area contributed by atoms with E-state index >= 15 is 0 Å². The molecule has 1 saturated heterocycles. The Labute approximate surface area is 128 Å². The van der Waals surface area contributed by atoms with E-state index in [1.165, 1.54) is 10.4 Å². The third-order valence-corrected chi connectivity index (χ3v) is 6.04. The Balaban J connectivity index is 2.31. The predicted molar refractivity (Wildman–Crippen MR) is 76.5 cm³/mol. The molecule has 22 heavy (non-hydrogen) atoms. The molecule has 0 saturated carbocycles. The number of hydrogen-bond acceptors (Lipinski definition) is 3. The van der Waals surface area contributed by atoms with Crippen molar-refractivity contribution in [2.45, 2.75) is 24.4 Å². The Kier molecular flexibility index (Phi) is 4.84. The van der Waals surface area contributed by atoms with E-state index in [1.54, 1.807) is 0 Å². The first kappa shape index (κ1) is 17.2. The lowest BCUT2D eigenvalue weighted by Crippen LogP contribution is -2.45. The number of benzene rings is 1. The number of hydrogen-bond donors (Lipinski definition) is 1. The summed E-state index contributed by atoms with van der Waals surface area (Å²) in [5.41, 5.74) is 4.69. The van der Waals surface area contributed by atoms with Gasteiger partial charge in [0.1, 0.15) is 0 Å². The third-order valence-electron chi connectivity index (χ3n) is 4.18. The number of alkyl halides is 3. The molecule has 8 heteroatoms. The lowest BCUT2D eigenvalue weighted by molar-refractivity contribution is -0.137. The Morgan fingerprint density at radius 1 is 1.36 bits per heavy atom. The molecule has 0 bridgehead atoms. The smallest absolute Gasteiger partial charge is 0.330 e. The molecule has 2 rings (SSSR count). The van der Waals surface area contributed by atoms with Crippen LogP contribution in [0.4, 0.5) is 13.2 Å². The zero-order valence-corrected chi connectivity index (χ0v) is 13.0. The average Bonchev–Trinajstić information content (AvgIpc) is 2.46. The van der Waals surface area contributed by atoms with Crippen molar-refractivity contribution < 1.29 is 21.6 Å². The van der Waals surface area contributed by atoms with E-state index in [9.17, 15) is 21.6 Å². The van der Waals surface area contributed by atoms with E-state index in [2.05, 4.69) is 0 Å². The van der Waals surface area contributed by atoms with Gasteiger partial charge in [-0.3, -0.25) is 0 Å². The fourth-order valence-corrected chi connectivity index (χ4v) is 4.18. The molecular weight excluding hydrogens is 317 g/mol. The maximum absolute atomic E-state index is 12.7. The van der Waals surface area contributed by atoms with Crippen molar-refractivity contribution in [2.24, 2.45) is 17.6 Å². The molecular formula is C14H19F3N2O2S. The van der Waals surface area contributed by atoms with Gasteiger partial charge in [0.25, 0.3) is 0 Å². The van der Waals surface area contributed by atoms with Crippen molar-refractivity contribution in [3.05, 3.63) is 29.8 Å². The molecule has 0 aromatic heterocycles. The Hall–Kier alpha value is -1.12. The Morgan fingerprint density at radius 2 is 2.05 bits per heavy atom. The van der Waals surface area contributed by atoms with Crippen LogP contribution in [-0.4, -0.2) is 32.4 Å². The first-order chi connectivity index (χ1) is 10.2. The van der Waals surface area contributed by atoms with Crippen LogP contribution in [0, 0.1) is 11.8 Å². The van der Waals surface area contributed by atoms with Crippen molar-refractivity contribution >= 4 is 10.0 Å². The van der Waals surface area contributed by atoms with Crippen LogP contribution in [0.15, 0.2) is 29.2 Å². The molecule has 2 N–H and O–H groups in total. The summed E-state index contributed by atoms with van der Waals surface area (Å²) < 4.78 is 64.6. The fraction of sp³-hybridized carbons (Fsp3) is 0.571. The monoisotopic (exact) mass is 336 g/mol. The summed E-state index contributed by atoms with van der Waals surface area (Å²) in [5.74, 6) is 0.326. The maximum atomic E-state index is 12.7. The Bertz CT molecular complexity index is 631. The van der Waals surface area contributed by atoms with E-state index in [4.69, 9.17) is 5.73 Å². The summed E-state index contributed by atoms with van der Waals surface area (Å²) in [6.45, 7) is 2.91. The minimum absolute atomic E-state index is 0.0225. The molecule has 1 heterocycles. The minimum Gasteiger partial charge on any atom is -0.330 e. The standard InChI is InChI=1S/C14H19F3N2O2S/c1-10-5-6-19(9-11(10)8-18)22(20,21)13-4-2-3-12(7-13)14(15,16)17/h2-4,7,10-11H,5-6,8-9,18H2,1H3. The van der Waals surface area contributed by atoms with Crippen LogP contribution in [-0.2, 0) is 16.2 Å². The highest BCUT2D eigenvalue weighted by atomic mass is 32.2. The topological polar surface area (TPSA) is 63.4 Å². The summed E-state index contributed by atoms with van der Waals surface area (Å²) in [6, 6.07) is 3.85. The third kappa shape index (κ3) is 3.44. The molecule has 1 aliphatic heterocycles. The van der Waals surface area contributed by atoms with E-state index in [0.717, 1.165) is 12.1 Å². The van der Waals surface area contributed by atoms with Gasteiger partial charge in [0, 0.05) is 13.1 Å². The minimum atomic E-state index is -4.57. The fourth-order valence-electron chi connectivity index (χ4n) is 2.62. The van der Waals surface area contributed by atoms with E-state index in [-0.39, 0.29) is 17.4 Å². The van der Waals surface area contributed by atoms with E-state index in [1.807, 2.05) is 6.92 Å². The largest absolute Gasteiger partial charge is 0.416 e. The summed E-state index contributed by atoms with van der Waals surface area (Å²) in [5, 5.41) is 0. The highest BCUT2D eigenvalue weighted by Crippen LogP contribution is 2.32. The van der Waals surface area contributed by atoms with E-state index in [0.29, 0.717) is 31.5 Å². The maximum Gasteiger partial charge on any atom is 0.416 e. The van der Waals surface area contributed by atoms with Crippen molar-refractivity contribution in [2.75, 3.05) is 19.6 Å². The first-order valence-electron chi connectivity index (χ1n) is 7.03. The van der Waals surface area contributed by atoms with Crippen LogP contribution in [0.25, 0.3) is 0 Å². The molecule has 4 nitrogen and oxygen atoms in total. The second-order valence-electron chi connectivity index (χ2n) is 5.65. The second kappa shape index (κ2) is 6.17. The van der Waals surface area contributed by atoms with Gasteiger partial charge in [-0.05, 0) is 43.0 Å². The van der Waals surface area contributed by atoms with Crippen molar-refractivity contribution in [1.82, 2.24) is 4.31 Å². The molecule has 124 valence electrons. The molecule has 1 aliphatic rings. The van der Waals surface area contributed by atoms with Crippen molar-refractivity contribution in [1.29, 1.82) is 0 Å². The van der Waals surface area contributed by atoms with Crippen molar-refractivity contribution in [3.63, 3.8) is 0 Å². The van der Waals surface area contributed by atoms with Gasteiger partial charge in [-0.1, -0.05) is 13.0 Å². The molecule has 1 fully saturated rings. The van der Waals surface area contributed by atoms with Gasteiger partial charge in [0.05, 0.1) is 10.5 Å². The second-order valence-corrected chi connectivity index (χ2v) is 7.59. The van der Waals surface area contributed by atoms with Crippen molar-refractivity contribution in [3.8, 4) is 0 Å². The van der Waals surface area contributed by atoms with Crippen LogP contribution in [0.3, 0.4) is 0 Å². The van der Waals surface area contributed by atoms with Crippen LogP contribution in [0.1, 0.15) is 18.9 Å². The average molecular weight is 336 g/mol. The van der Waals surface area contributed by atoms with Gasteiger partial charge in [-0.25, -0.2) is 8.42 Å². The number of rotatable bonds is 3. The molecule has 0 aliphatic carbocycles. The number of halogens is 3. The molecule has 2 unspecified atom stereocenters. The molecule has 0 amide bonds. The molecule has 1 aromatic carbocycles. The van der Waals surface area contributed by atoms with Crippen LogP contribution < -0.4 is 5.73 Å². The highest BCUT2D eigenvalue weighted by Gasteiger charge is 2.35. The lowest BCUT2D eigenvalue weighted by atomic mass is 9.88. The Morgan fingerprint density at radius 3 is 2.64 bits per heavy atom. The molecule has 2 atom stereocenters. The number of sulfonamides is 1. The molecule has 0 radical (unpaired) electrons. The van der Waals surface area contributed by atoms with Gasteiger partial charge < -0.3 is 5.73 Å². The van der Waals surface area contributed by atoms with Gasteiger partial charge in [0.15, 0.2) is 0 Å². The zero-order valence-electron chi connectivity index (χ0n) is 12.2. The van der Waals surface area contributed by atoms with Crippen LogP contribution in [0.5, 0.6) is 0 Å². The van der Waals surface area contributed by atoms with Gasteiger partial charge in [-0.2, -0.15) is 17.5 Å². The molecule has 1 aromatic rings. The van der Waals surface area contributed by atoms with Crippen LogP contribution >= 0.6 is 0 Å². The normalized spacial score (nSPS) is 24.4. The van der Waals surface area contributed by atoms with Gasteiger partial charge >= 0.3 is 6.18 Å². The number of nitrogens with zero attached hydrogens (tertiary/aromatic N) is 1. The predicted octanol–water partition coefficient (Wildman–Crippen LogP) is 2.31. The first-order valence-corrected chi connectivity index (χ1v) is 8.47. The summed E-state index contributed by atoms with van der Waals surface area (Å²) in [6.07, 6.45) is -3.91. The summed E-state index contributed by atoms with van der Waals surface area (Å²) in [4.78, 5) is -0.326.